The number of amides is 1. The summed E-state index contributed by atoms with van der Waals surface area (Å²) in [4.78, 5) is 11.8. The molecule has 0 saturated heterocycles. The van der Waals surface area contributed by atoms with Crippen LogP contribution >= 0.6 is 27.5 Å². The van der Waals surface area contributed by atoms with Gasteiger partial charge in [0.2, 0.25) is 5.91 Å². The molecule has 1 atom stereocenters. The lowest BCUT2D eigenvalue weighted by Crippen LogP contribution is -2.27. The molecule has 1 amide bonds. The van der Waals surface area contributed by atoms with E-state index in [-0.39, 0.29) is 5.91 Å². The molecule has 0 aromatic heterocycles. The number of carbonyl (C=O) groups is 1. The molecule has 0 aliphatic rings. The lowest BCUT2D eigenvalue weighted by molar-refractivity contribution is -0.120. The van der Waals surface area contributed by atoms with Crippen LogP contribution in [0.3, 0.4) is 0 Å². The molecule has 0 aliphatic carbocycles. The summed E-state index contributed by atoms with van der Waals surface area (Å²) in [6, 6.07) is 5.42. The molecule has 0 aliphatic heterocycles. The van der Waals surface area contributed by atoms with E-state index in [2.05, 4.69) is 21.2 Å². The second kappa shape index (κ2) is 6.87. The van der Waals surface area contributed by atoms with Crippen molar-refractivity contribution < 1.29 is 9.53 Å². The lowest BCUT2D eigenvalue weighted by Gasteiger charge is -2.14. The second-order valence-electron chi connectivity index (χ2n) is 3.54. The predicted molar refractivity (Wildman–Crippen MR) is 72.6 cm³/mol. The number of nitrogens with one attached hydrogen (secondary N) is 1. The van der Waals surface area contributed by atoms with Gasteiger partial charge in [0.05, 0.1) is 7.11 Å². The van der Waals surface area contributed by atoms with Crippen molar-refractivity contribution in [1.82, 2.24) is 5.32 Å². The van der Waals surface area contributed by atoms with Crippen LogP contribution in [0.2, 0.25) is 0 Å². The average molecular weight is 321 g/mol. The van der Waals surface area contributed by atoms with Gasteiger partial charge in [-0.25, -0.2) is 0 Å². The Kier molecular flexibility index (Phi) is 5.78. The van der Waals surface area contributed by atoms with Gasteiger partial charge >= 0.3 is 0 Å². The maximum absolute atomic E-state index is 11.8. The summed E-state index contributed by atoms with van der Waals surface area (Å²) >= 11 is 9.49. The van der Waals surface area contributed by atoms with E-state index in [4.69, 9.17) is 16.3 Å². The molecular formula is C12H15BrClNO2. The molecule has 0 heterocycles. The zero-order valence-corrected chi connectivity index (χ0v) is 12.1. The fourth-order valence-electron chi connectivity index (χ4n) is 1.38. The van der Waals surface area contributed by atoms with Crippen molar-refractivity contribution in [3.05, 3.63) is 28.2 Å². The highest BCUT2D eigenvalue weighted by Crippen LogP contribution is 2.32. The summed E-state index contributed by atoms with van der Waals surface area (Å²) in [6.45, 7) is 2.61. The van der Waals surface area contributed by atoms with Crippen LogP contribution in [0.4, 0.5) is 0 Å². The number of halogens is 2. The monoisotopic (exact) mass is 319 g/mol. The Morgan fingerprint density at radius 2 is 2.29 bits per heavy atom. The van der Waals surface area contributed by atoms with Crippen molar-refractivity contribution in [2.75, 3.05) is 13.7 Å². The molecule has 0 saturated carbocycles. The first-order chi connectivity index (χ1) is 8.10. The van der Waals surface area contributed by atoms with Crippen LogP contribution in [-0.2, 0) is 4.79 Å². The Labute approximate surface area is 115 Å². The van der Waals surface area contributed by atoms with Gasteiger partial charge in [0.25, 0.3) is 0 Å². The van der Waals surface area contributed by atoms with Gasteiger partial charge in [-0.1, -0.05) is 22.9 Å². The van der Waals surface area contributed by atoms with Crippen molar-refractivity contribution in [2.24, 2.45) is 0 Å². The first-order valence-corrected chi connectivity index (χ1v) is 6.58. The summed E-state index contributed by atoms with van der Waals surface area (Å²) in [7, 11) is 1.56. The zero-order valence-electron chi connectivity index (χ0n) is 9.80. The largest absolute Gasteiger partial charge is 0.496 e. The number of hydrogen-bond donors (Lipinski definition) is 1. The molecule has 0 fully saturated rings. The van der Waals surface area contributed by atoms with Gasteiger partial charge in [-0.2, -0.15) is 0 Å². The SMILES string of the molecule is CCCNC(=O)C(Cl)c1cc(Br)ccc1OC. The van der Waals surface area contributed by atoms with Crippen molar-refractivity contribution >= 4 is 33.4 Å². The van der Waals surface area contributed by atoms with Gasteiger partial charge in [-0.05, 0) is 24.6 Å². The summed E-state index contributed by atoms with van der Waals surface area (Å²) in [5.41, 5.74) is 0.664. The minimum Gasteiger partial charge on any atom is -0.496 e. The van der Waals surface area contributed by atoms with Gasteiger partial charge in [-0.3, -0.25) is 4.79 Å². The molecule has 1 aromatic carbocycles. The highest BCUT2D eigenvalue weighted by atomic mass is 79.9. The summed E-state index contributed by atoms with van der Waals surface area (Å²) in [6.07, 6.45) is 0.880. The molecule has 5 heteroatoms. The maximum Gasteiger partial charge on any atom is 0.242 e. The Morgan fingerprint density at radius 1 is 1.59 bits per heavy atom. The zero-order chi connectivity index (χ0) is 12.8. The fraction of sp³-hybridized carbons (Fsp3) is 0.417. The number of methoxy groups -OCH3 is 1. The number of alkyl halides is 1. The van der Waals surface area contributed by atoms with E-state index in [1.165, 1.54) is 0 Å². The Balaban J connectivity index is 2.90. The van der Waals surface area contributed by atoms with Crippen molar-refractivity contribution in [2.45, 2.75) is 18.7 Å². The molecule has 1 unspecified atom stereocenters. The fourth-order valence-corrected chi connectivity index (χ4v) is 2.01. The van der Waals surface area contributed by atoms with Crippen LogP contribution in [0.1, 0.15) is 24.3 Å². The smallest absolute Gasteiger partial charge is 0.242 e. The van der Waals surface area contributed by atoms with E-state index in [0.717, 1.165) is 10.9 Å². The van der Waals surface area contributed by atoms with Gasteiger partial charge in [0.15, 0.2) is 0 Å². The molecule has 0 radical (unpaired) electrons. The highest BCUT2D eigenvalue weighted by Gasteiger charge is 2.21. The highest BCUT2D eigenvalue weighted by molar-refractivity contribution is 9.10. The number of ether oxygens (including phenoxy) is 1. The molecular weight excluding hydrogens is 305 g/mol. The van der Waals surface area contributed by atoms with E-state index in [9.17, 15) is 4.79 Å². The van der Waals surface area contributed by atoms with E-state index >= 15 is 0 Å². The molecule has 17 heavy (non-hydrogen) atoms. The van der Waals surface area contributed by atoms with Crippen LogP contribution in [0.15, 0.2) is 22.7 Å². The van der Waals surface area contributed by atoms with Gasteiger partial charge in [0, 0.05) is 16.6 Å². The van der Waals surface area contributed by atoms with E-state index in [0.29, 0.717) is 17.9 Å². The summed E-state index contributed by atoms with van der Waals surface area (Å²) in [5, 5.41) is 2.02. The number of benzene rings is 1. The van der Waals surface area contributed by atoms with Gasteiger partial charge in [-0.15, -0.1) is 11.6 Å². The van der Waals surface area contributed by atoms with Crippen LogP contribution < -0.4 is 10.1 Å². The van der Waals surface area contributed by atoms with Crippen molar-refractivity contribution in [1.29, 1.82) is 0 Å². The maximum atomic E-state index is 11.8. The topological polar surface area (TPSA) is 38.3 Å². The standard InChI is InChI=1S/C12H15BrClNO2/c1-3-6-15-12(16)11(14)9-7-8(13)4-5-10(9)17-2/h4-5,7,11H,3,6H2,1-2H3,(H,15,16). The summed E-state index contributed by atoms with van der Waals surface area (Å²) in [5.74, 6) is 0.407. The third-order valence-electron chi connectivity index (χ3n) is 2.24. The first kappa shape index (κ1) is 14.3. The minimum absolute atomic E-state index is 0.204. The molecule has 94 valence electrons. The molecule has 1 N–H and O–H groups in total. The molecule has 3 nitrogen and oxygen atoms in total. The Morgan fingerprint density at radius 3 is 2.88 bits per heavy atom. The normalized spacial score (nSPS) is 12.0. The number of carbonyl (C=O) groups excluding carboxylic acids is 1. The van der Waals surface area contributed by atoms with E-state index in [1.54, 1.807) is 19.2 Å². The molecule has 1 rings (SSSR count). The lowest BCUT2D eigenvalue weighted by atomic mass is 10.1. The van der Waals surface area contributed by atoms with Crippen molar-refractivity contribution in [3.8, 4) is 5.75 Å². The Hall–Kier alpha value is -0.740. The number of rotatable bonds is 5. The first-order valence-electron chi connectivity index (χ1n) is 5.35. The minimum atomic E-state index is -0.742. The van der Waals surface area contributed by atoms with Gasteiger partial charge in [0.1, 0.15) is 11.1 Å². The molecule has 0 spiro atoms. The van der Waals surface area contributed by atoms with Crippen LogP contribution in [0, 0.1) is 0 Å². The quantitative estimate of drug-likeness (QED) is 0.846. The average Bonchev–Trinajstić information content (AvgIpc) is 2.34. The Bertz CT molecular complexity index is 398. The second-order valence-corrected chi connectivity index (χ2v) is 4.89. The van der Waals surface area contributed by atoms with E-state index in [1.807, 2.05) is 13.0 Å². The molecule has 1 aromatic rings. The van der Waals surface area contributed by atoms with Crippen molar-refractivity contribution in [3.63, 3.8) is 0 Å². The van der Waals surface area contributed by atoms with Crippen LogP contribution in [-0.4, -0.2) is 19.6 Å². The third kappa shape index (κ3) is 3.89. The predicted octanol–water partition coefficient (Wildman–Crippen LogP) is 3.26. The third-order valence-corrected chi connectivity index (χ3v) is 3.17. The molecule has 0 bridgehead atoms. The summed E-state index contributed by atoms with van der Waals surface area (Å²) < 4.78 is 6.05. The van der Waals surface area contributed by atoms with E-state index < -0.39 is 5.38 Å². The van der Waals surface area contributed by atoms with Crippen LogP contribution in [0.5, 0.6) is 5.75 Å². The number of hydrogen-bond acceptors (Lipinski definition) is 2. The van der Waals surface area contributed by atoms with Crippen LogP contribution in [0.25, 0.3) is 0 Å². The van der Waals surface area contributed by atoms with Gasteiger partial charge < -0.3 is 10.1 Å².